The number of carbonyl (C=O) groups excluding carboxylic acids is 1. The average Bonchev–Trinajstić information content (AvgIpc) is 2.73. The summed E-state index contributed by atoms with van der Waals surface area (Å²) in [6, 6.07) is 12.2. The number of hydrogen-bond acceptors (Lipinski definition) is 2. The maximum Gasteiger partial charge on any atom is 0.209 e. The van der Waals surface area contributed by atoms with E-state index in [1.165, 1.54) is 0 Å². The lowest BCUT2D eigenvalue weighted by atomic mass is 9.90. The van der Waals surface area contributed by atoms with Gasteiger partial charge in [-0.3, -0.25) is 4.79 Å². The molecule has 2 rings (SSSR count). The molecule has 2 atom stereocenters. The number of rotatable bonds is 2. The quantitative estimate of drug-likeness (QED) is 0.677. The fourth-order valence-corrected chi connectivity index (χ4v) is 2.09. The van der Waals surface area contributed by atoms with Gasteiger partial charge in [0.05, 0.1) is 12.0 Å². The fourth-order valence-electron chi connectivity index (χ4n) is 2.09. The summed E-state index contributed by atoms with van der Waals surface area (Å²) in [5.74, 6) is 0.0963. The third kappa shape index (κ3) is 1.84. The van der Waals surface area contributed by atoms with E-state index in [1.807, 2.05) is 30.3 Å². The summed E-state index contributed by atoms with van der Waals surface area (Å²) in [5, 5.41) is 9.02. The van der Waals surface area contributed by atoms with Gasteiger partial charge in [-0.2, -0.15) is 5.26 Å². The van der Waals surface area contributed by atoms with Crippen molar-refractivity contribution in [2.45, 2.75) is 5.92 Å². The molecule has 0 N–H and O–H groups in total. The number of nitrogens with zero attached hydrogens (tertiary/aromatic N) is 2. The highest BCUT2D eigenvalue weighted by Crippen LogP contribution is 2.31. The largest absolute Gasteiger partial charge is 0.343 e. The summed E-state index contributed by atoms with van der Waals surface area (Å²) in [6.45, 7) is 1.21. The van der Waals surface area contributed by atoms with Crippen molar-refractivity contribution in [3.63, 3.8) is 0 Å². The highest BCUT2D eigenvalue weighted by Gasteiger charge is 2.32. The molecule has 0 aromatic heterocycles. The number of likely N-dealkylation sites (tertiary alicyclic amines) is 1. The van der Waals surface area contributed by atoms with Gasteiger partial charge in [-0.25, -0.2) is 0 Å². The van der Waals surface area contributed by atoms with Crippen LogP contribution in [0.4, 0.5) is 0 Å². The number of nitriles is 1. The highest BCUT2D eigenvalue weighted by molar-refractivity contribution is 5.49. The molecule has 3 nitrogen and oxygen atoms in total. The monoisotopic (exact) mass is 200 g/mol. The van der Waals surface area contributed by atoms with Gasteiger partial charge in [0.1, 0.15) is 0 Å². The van der Waals surface area contributed by atoms with E-state index in [-0.39, 0.29) is 11.8 Å². The molecule has 0 spiro atoms. The standard InChI is InChI=1S/C12H12N2O/c13-6-11-7-14(9-15)8-12(11)10-4-2-1-3-5-10/h1-5,9,11-12H,7-8H2. The normalized spacial score (nSPS) is 24.9. The molecule has 1 aromatic carbocycles. The first kappa shape index (κ1) is 9.72. The average molecular weight is 200 g/mol. The Kier molecular flexibility index (Phi) is 2.68. The van der Waals surface area contributed by atoms with E-state index >= 15 is 0 Å². The van der Waals surface area contributed by atoms with E-state index in [9.17, 15) is 4.79 Å². The van der Waals surface area contributed by atoms with Crippen molar-refractivity contribution in [2.75, 3.05) is 13.1 Å². The predicted molar refractivity (Wildman–Crippen MR) is 55.9 cm³/mol. The topological polar surface area (TPSA) is 44.1 Å². The summed E-state index contributed by atoms with van der Waals surface area (Å²) < 4.78 is 0. The molecule has 1 aliphatic heterocycles. The molecule has 1 aliphatic rings. The Morgan fingerprint density at radius 2 is 2.07 bits per heavy atom. The lowest BCUT2D eigenvalue weighted by Crippen LogP contribution is -2.17. The van der Waals surface area contributed by atoms with Crippen LogP contribution in [0.25, 0.3) is 0 Å². The molecule has 1 fully saturated rings. The molecule has 3 heteroatoms. The molecule has 1 aromatic rings. The number of carbonyl (C=O) groups is 1. The van der Waals surface area contributed by atoms with Crippen molar-refractivity contribution in [3.05, 3.63) is 35.9 Å². The minimum absolute atomic E-state index is 0.0717. The van der Waals surface area contributed by atoms with Gasteiger partial charge in [0, 0.05) is 19.0 Å². The second kappa shape index (κ2) is 4.14. The van der Waals surface area contributed by atoms with Crippen LogP contribution in [-0.4, -0.2) is 24.4 Å². The van der Waals surface area contributed by atoms with Crippen molar-refractivity contribution in [2.24, 2.45) is 5.92 Å². The Bertz CT molecular complexity index is 382. The van der Waals surface area contributed by atoms with Crippen LogP contribution in [0.15, 0.2) is 30.3 Å². The zero-order valence-electron chi connectivity index (χ0n) is 8.34. The zero-order chi connectivity index (χ0) is 10.7. The van der Waals surface area contributed by atoms with Crippen molar-refractivity contribution in [3.8, 4) is 6.07 Å². The predicted octanol–water partition coefficient (Wildman–Crippen LogP) is 1.38. The first-order valence-electron chi connectivity index (χ1n) is 4.99. The summed E-state index contributed by atoms with van der Waals surface area (Å²) in [6.07, 6.45) is 0.827. The molecule has 0 bridgehead atoms. The number of hydrogen-bond donors (Lipinski definition) is 0. The van der Waals surface area contributed by atoms with E-state index in [2.05, 4.69) is 6.07 Å². The lowest BCUT2D eigenvalue weighted by molar-refractivity contribution is -0.117. The summed E-state index contributed by atoms with van der Waals surface area (Å²) >= 11 is 0. The van der Waals surface area contributed by atoms with Crippen molar-refractivity contribution in [1.82, 2.24) is 4.90 Å². The molecule has 1 heterocycles. The van der Waals surface area contributed by atoms with Crippen molar-refractivity contribution in [1.29, 1.82) is 5.26 Å². The molecule has 1 saturated heterocycles. The van der Waals surface area contributed by atoms with E-state index in [0.717, 1.165) is 12.0 Å². The van der Waals surface area contributed by atoms with Crippen LogP contribution in [0.3, 0.4) is 0 Å². The molecular formula is C12H12N2O. The van der Waals surface area contributed by atoms with Gasteiger partial charge in [-0.15, -0.1) is 0 Å². The van der Waals surface area contributed by atoms with Crippen molar-refractivity contribution >= 4 is 6.41 Å². The Morgan fingerprint density at radius 1 is 1.33 bits per heavy atom. The van der Waals surface area contributed by atoms with E-state index in [4.69, 9.17) is 5.26 Å². The summed E-state index contributed by atoms with van der Waals surface area (Å²) in [7, 11) is 0. The molecule has 15 heavy (non-hydrogen) atoms. The van der Waals surface area contributed by atoms with Gasteiger partial charge in [-0.05, 0) is 5.56 Å². The smallest absolute Gasteiger partial charge is 0.209 e. The second-order valence-electron chi connectivity index (χ2n) is 3.81. The zero-order valence-corrected chi connectivity index (χ0v) is 8.34. The Labute approximate surface area is 88.9 Å². The highest BCUT2D eigenvalue weighted by atomic mass is 16.1. The van der Waals surface area contributed by atoms with Crippen LogP contribution in [0.1, 0.15) is 11.5 Å². The van der Waals surface area contributed by atoms with Crippen LogP contribution in [0, 0.1) is 17.2 Å². The van der Waals surface area contributed by atoms with Crippen LogP contribution >= 0.6 is 0 Å². The molecule has 0 radical (unpaired) electrons. The van der Waals surface area contributed by atoms with E-state index in [1.54, 1.807) is 4.90 Å². The molecule has 0 aliphatic carbocycles. The number of benzene rings is 1. The van der Waals surface area contributed by atoms with Gasteiger partial charge in [0.25, 0.3) is 0 Å². The van der Waals surface area contributed by atoms with E-state index in [0.29, 0.717) is 13.1 Å². The van der Waals surface area contributed by atoms with Crippen LogP contribution in [0.5, 0.6) is 0 Å². The second-order valence-corrected chi connectivity index (χ2v) is 3.81. The van der Waals surface area contributed by atoms with Gasteiger partial charge < -0.3 is 4.90 Å². The minimum atomic E-state index is -0.0717. The Balaban J connectivity index is 2.23. The van der Waals surface area contributed by atoms with Gasteiger partial charge in [-0.1, -0.05) is 30.3 Å². The van der Waals surface area contributed by atoms with Gasteiger partial charge in [0.15, 0.2) is 0 Å². The summed E-state index contributed by atoms with van der Waals surface area (Å²) in [5.41, 5.74) is 1.15. The van der Waals surface area contributed by atoms with E-state index < -0.39 is 0 Å². The Morgan fingerprint density at radius 3 is 2.67 bits per heavy atom. The molecule has 0 saturated carbocycles. The van der Waals surface area contributed by atoms with Crippen LogP contribution in [-0.2, 0) is 4.79 Å². The molecule has 2 unspecified atom stereocenters. The van der Waals surface area contributed by atoms with Gasteiger partial charge in [0.2, 0.25) is 6.41 Å². The molecular weight excluding hydrogens is 188 g/mol. The SMILES string of the molecule is N#CC1CN(C=O)CC1c1ccccc1. The Hall–Kier alpha value is -1.82. The maximum atomic E-state index is 10.7. The first-order valence-corrected chi connectivity index (χ1v) is 4.99. The fraction of sp³-hybridized carbons (Fsp3) is 0.333. The van der Waals surface area contributed by atoms with Gasteiger partial charge >= 0.3 is 0 Å². The van der Waals surface area contributed by atoms with Crippen LogP contribution in [0.2, 0.25) is 0 Å². The molecule has 76 valence electrons. The third-order valence-corrected chi connectivity index (χ3v) is 2.89. The third-order valence-electron chi connectivity index (χ3n) is 2.89. The summed E-state index contributed by atoms with van der Waals surface area (Å²) in [4.78, 5) is 12.3. The minimum Gasteiger partial charge on any atom is -0.343 e. The van der Waals surface area contributed by atoms with Crippen molar-refractivity contribution < 1.29 is 4.79 Å². The molecule has 1 amide bonds. The van der Waals surface area contributed by atoms with Crippen LogP contribution < -0.4 is 0 Å². The first-order chi connectivity index (χ1) is 7.35. The maximum absolute atomic E-state index is 10.7. The number of amides is 1. The lowest BCUT2D eigenvalue weighted by Gasteiger charge is -2.12.